The van der Waals surface area contributed by atoms with Crippen LogP contribution in [-0.4, -0.2) is 67.8 Å². The summed E-state index contributed by atoms with van der Waals surface area (Å²) in [4.78, 5) is 20.7. The maximum Gasteiger partial charge on any atom is 0.222 e. The second-order valence-electron chi connectivity index (χ2n) is 9.65. The Morgan fingerprint density at radius 1 is 1.06 bits per heavy atom. The normalized spacial score (nSPS) is 20.8. The topological polar surface area (TPSA) is 94.6 Å². The molecule has 2 atom stereocenters. The van der Waals surface area contributed by atoms with Gasteiger partial charge in [0, 0.05) is 56.6 Å². The Bertz CT molecular complexity index is 1360. The van der Waals surface area contributed by atoms with Gasteiger partial charge < -0.3 is 14.7 Å². The average molecular weight is 484 g/mol. The Morgan fingerprint density at radius 2 is 1.94 bits per heavy atom. The predicted octanol–water partition coefficient (Wildman–Crippen LogP) is 3.97. The van der Waals surface area contributed by atoms with Gasteiger partial charge in [0.25, 0.3) is 0 Å². The fourth-order valence-corrected chi connectivity index (χ4v) is 5.34. The molecule has 2 N–H and O–H groups in total. The van der Waals surface area contributed by atoms with Crippen LogP contribution in [0, 0.1) is 0 Å². The van der Waals surface area contributed by atoms with Crippen molar-refractivity contribution in [2.75, 3.05) is 19.6 Å². The zero-order valence-corrected chi connectivity index (χ0v) is 20.0. The number of aliphatic hydroxyl groups is 1. The number of carbonyl (C=O) groups is 1. The molecule has 6 rings (SSSR count). The number of aromatic nitrogens is 3. The molecule has 184 valence electrons. The van der Waals surface area contributed by atoms with Crippen molar-refractivity contribution >= 4 is 16.7 Å². The van der Waals surface area contributed by atoms with Crippen LogP contribution in [0.4, 0.5) is 0 Å². The Labute approximate surface area is 209 Å². The van der Waals surface area contributed by atoms with E-state index in [-0.39, 0.29) is 11.9 Å². The number of hydrogen-bond donors (Lipinski definition) is 2. The molecule has 4 aromatic rings. The van der Waals surface area contributed by atoms with Crippen molar-refractivity contribution in [2.24, 2.45) is 0 Å². The van der Waals surface area contributed by atoms with E-state index >= 15 is 0 Å². The highest BCUT2D eigenvalue weighted by Gasteiger charge is 2.36. The number of amides is 1. The van der Waals surface area contributed by atoms with Gasteiger partial charge in [-0.3, -0.25) is 14.8 Å². The second kappa shape index (κ2) is 9.72. The molecular formula is C28H29N5O3. The van der Waals surface area contributed by atoms with Crippen molar-refractivity contribution < 1.29 is 14.6 Å². The van der Waals surface area contributed by atoms with Gasteiger partial charge >= 0.3 is 0 Å². The molecular weight excluding hydrogens is 454 g/mol. The lowest BCUT2D eigenvalue weighted by Gasteiger charge is -2.40. The largest absolute Gasteiger partial charge is 0.439 e. The molecule has 1 amide bonds. The molecule has 4 heterocycles. The summed E-state index contributed by atoms with van der Waals surface area (Å²) in [6.45, 7) is 3.02. The third-order valence-corrected chi connectivity index (χ3v) is 7.19. The van der Waals surface area contributed by atoms with Crippen LogP contribution < -0.4 is 4.74 Å². The van der Waals surface area contributed by atoms with E-state index < -0.39 is 6.10 Å². The maximum absolute atomic E-state index is 12.1. The molecule has 0 radical (unpaired) electrons. The number of likely N-dealkylation sites (tertiary alicyclic amines) is 2. The summed E-state index contributed by atoms with van der Waals surface area (Å²) in [5.41, 5.74) is 3.07. The highest BCUT2D eigenvalue weighted by Crippen LogP contribution is 2.28. The molecule has 2 aliphatic heterocycles. The zero-order valence-electron chi connectivity index (χ0n) is 20.0. The lowest BCUT2D eigenvalue weighted by atomic mass is 9.99. The number of H-pyrrole nitrogens is 1. The molecule has 0 unspecified atom stereocenters. The molecule has 2 aromatic heterocycles. The third kappa shape index (κ3) is 4.69. The number of hydrogen-bond acceptors (Lipinski definition) is 6. The van der Waals surface area contributed by atoms with Crippen LogP contribution in [-0.2, 0) is 11.3 Å². The summed E-state index contributed by atoms with van der Waals surface area (Å²) < 4.78 is 5.98. The zero-order chi connectivity index (χ0) is 24.5. The number of pyridine rings is 1. The van der Waals surface area contributed by atoms with Gasteiger partial charge in [-0.25, -0.2) is 4.98 Å². The van der Waals surface area contributed by atoms with Crippen molar-refractivity contribution in [1.82, 2.24) is 25.0 Å². The lowest BCUT2D eigenvalue weighted by molar-refractivity contribution is -0.134. The van der Waals surface area contributed by atoms with Crippen molar-refractivity contribution in [3.8, 4) is 22.9 Å². The molecule has 2 aliphatic rings. The van der Waals surface area contributed by atoms with E-state index in [2.05, 4.69) is 44.3 Å². The molecule has 0 spiro atoms. The molecule has 0 saturated carbocycles. The SMILES string of the molecule is O=C1CCCN1[C@H]1CCN(Cc2ccc3cc(Oc4ccc(-c5ccn[nH]5)cn4)ccc3c2)C[C@@H]1O. The monoisotopic (exact) mass is 483 g/mol. The van der Waals surface area contributed by atoms with Gasteiger partial charge in [0.05, 0.1) is 17.8 Å². The minimum atomic E-state index is -0.497. The van der Waals surface area contributed by atoms with Crippen LogP contribution in [0.1, 0.15) is 24.8 Å². The number of nitrogens with zero attached hydrogens (tertiary/aromatic N) is 4. The third-order valence-electron chi connectivity index (χ3n) is 7.19. The number of rotatable bonds is 6. The standard InChI is InChI=1S/C28H29N5O3/c34-26-18-32(13-10-25(26)33-12-1-2-28(33)35)17-19-3-4-21-15-23(7-5-20(21)14-19)36-27-8-6-22(16-29-27)24-9-11-30-31-24/h3-9,11,14-16,25-26,34H,1-2,10,12-13,17-18H2,(H,30,31)/t25-,26-/m0/s1. The quantitative estimate of drug-likeness (QED) is 0.431. The summed E-state index contributed by atoms with van der Waals surface area (Å²) in [5.74, 6) is 1.46. The number of β-amino-alcohol motifs (C(OH)–C–C–N with tert-alkyl or cyclic N) is 1. The van der Waals surface area contributed by atoms with Crippen molar-refractivity contribution in [2.45, 2.75) is 38.0 Å². The van der Waals surface area contributed by atoms with Crippen molar-refractivity contribution in [1.29, 1.82) is 0 Å². The summed E-state index contributed by atoms with van der Waals surface area (Å²) >= 11 is 0. The molecule has 0 bridgehead atoms. The molecule has 36 heavy (non-hydrogen) atoms. The number of fused-ring (bicyclic) bond motifs is 1. The average Bonchev–Trinajstić information content (AvgIpc) is 3.57. The van der Waals surface area contributed by atoms with Gasteiger partial charge in [-0.2, -0.15) is 5.10 Å². The Morgan fingerprint density at radius 3 is 2.69 bits per heavy atom. The van der Waals surface area contributed by atoms with Crippen molar-refractivity contribution in [3.63, 3.8) is 0 Å². The number of ether oxygens (including phenoxy) is 1. The van der Waals surface area contributed by atoms with E-state index in [0.29, 0.717) is 18.8 Å². The number of piperidine rings is 1. The van der Waals surface area contributed by atoms with Gasteiger partial charge in [0.2, 0.25) is 11.8 Å². The van der Waals surface area contributed by atoms with Crippen molar-refractivity contribution in [3.05, 3.63) is 72.6 Å². The first-order valence-electron chi connectivity index (χ1n) is 12.5. The molecule has 2 saturated heterocycles. The minimum absolute atomic E-state index is 0.0394. The highest BCUT2D eigenvalue weighted by atomic mass is 16.5. The first-order chi connectivity index (χ1) is 17.6. The molecule has 2 aromatic carbocycles. The molecule has 8 nitrogen and oxygen atoms in total. The van der Waals surface area contributed by atoms with Gasteiger partial charge in [-0.1, -0.05) is 18.2 Å². The first-order valence-corrected chi connectivity index (χ1v) is 12.5. The van der Waals surface area contributed by atoms with E-state index in [1.54, 1.807) is 12.4 Å². The fraction of sp³-hybridized carbons (Fsp3) is 0.321. The number of carbonyl (C=O) groups excluding carboxylic acids is 1. The molecule has 2 fully saturated rings. The summed E-state index contributed by atoms with van der Waals surface area (Å²) in [6.07, 6.45) is 5.32. The van der Waals surface area contributed by atoms with E-state index in [1.807, 2.05) is 35.2 Å². The minimum Gasteiger partial charge on any atom is -0.439 e. The smallest absolute Gasteiger partial charge is 0.222 e. The Kier molecular flexibility index (Phi) is 6.13. The van der Waals surface area contributed by atoms with Crippen LogP contribution in [0.15, 0.2) is 67.0 Å². The van der Waals surface area contributed by atoms with Crippen LogP contribution in [0.5, 0.6) is 11.6 Å². The highest BCUT2D eigenvalue weighted by molar-refractivity contribution is 5.84. The number of aliphatic hydroxyl groups excluding tert-OH is 1. The first kappa shape index (κ1) is 22.7. The summed E-state index contributed by atoms with van der Waals surface area (Å²) in [5, 5.41) is 19.9. The van der Waals surface area contributed by atoms with Gasteiger partial charge in [-0.05, 0) is 59.5 Å². The Hall–Kier alpha value is -3.75. The van der Waals surface area contributed by atoms with E-state index in [4.69, 9.17) is 4.74 Å². The molecule has 8 heteroatoms. The predicted molar refractivity (Wildman–Crippen MR) is 136 cm³/mol. The summed E-state index contributed by atoms with van der Waals surface area (Å²) in [7, 11) is 0. The van der Waals surface area contributed by atoms with Crippen LogP contribution >= 0.6 is 0 Å². The number of nitrogens with one attached hydrogen (secondary N) is 1. The number of aromatic amines is 1. The molecule has 0 aliphatic carbocycles. The van der Waals surface area contributed by atoms with E-state index in [1.165, 1.54) is 5.56 Å². The number of benzene rings is 2. The van der Waals surface area contributed by atoms with Crippen LogP contribution in [0.2, 0.25) is 0 Å². The fourth-order valence-electron chi connectivity index (χ4n) is 5.34. The van der Waals surface area contributed by atoms with Gasteiger partial charge in [-0.15, -0.1) is 0 Å². The summed E-state index contributed by atoms with van der Waals surface area (Å²) in [6, 6.07) is 18.1. The van der Waals surface area contributed by atoms with E-state index in [0.717, 1.165) is 60.3 Å². The van der Waals surface area contributed by atoms with Crippen LogP contribution in [0.25, 0.3) is 22.0 Å². The van der Waals surface area contributed by atoms with E-state index in [9.17, 15) is 9.90 Å². The van der Waals surface area contributed by atoms with Gasteiger partial charge in [0.1, 0.15) is 5.75 Å². The Balaban J connectivity index is 1.09. The second-order valence-corrected chi connectivity index (χ2v) is 9.65. The lowest BCUT2D eigenvalue weighted by Crippen LogP contribution is -2.54. The maximum atomic E-state index is 12.1. The van der Waals surface area contributed by atoms with Crippen LogP contribution in [0.3, 0.4) is 0 Å². The van der Waals surface area contributed by atoms with Gasteiger partial charge in [0.15, 0.2) is 0 Å².